The maximum Gasteiger partial charge on any atom is 0.303 e. The second-order valence-electron chi connectivity index (χ2n) is 10.0. The molecule has 0 aliphatic carbocycles. The Kier molecular flexibility index (Phi) is 14.4. The van der Waals surface area contributed by atoms with E-state index in [1.807, 2.05) is 18.9 Å². The van der Waals surface area contributed by atoms with Crippen LogP contribution in [-0.4, -0.2) is 91.3 Å². The number of likely N-dealkylation sites (N-methyl/N-ethyl adjacent to an activating group) is 1. The largest absolute Gasteiger partial charge is 0.481 e. The monoisotopic (exact) mass is 499 g/mol. The molecule has 1 rings (SSSR count). The Morgan fingerprint density at radius 2 is 1.77 bits per heavy atom. The van der Waals surface area contributed by atoms with Crippen molar-refractivity contribution < 1.29 is 29.0 Å². The molecule has 6 unspecified atom stereocenters. The number of amides is 2. The van der Waals surface area contributed by atoms with Crippen molar-refractivity contribution in [1.29, 1.82) is 0 Å². The molecular formula is C26H49N3O6. The van der Waals surface area contributed by atoms with Gasteiger partial charge in [0, 0.05) is 34.2 Å². The van der Waals surface area contributed by atoms with E-state index in [-0.39, 0.29) is 54.7 Å². The summed E-state index contributed by atoms with van der Waals surface area (Å²) in [7, 11) is 4.99. The molecule has 0 saturated carbocycles. The third kappa shape index (κ3) is 9.35. The van der Waals surface area contributed by atoms with E-state index in [0.717, 1.165) is 38.5 Å². The van der Waals surface area contributed by atoms with Crippen LogP contribution in [0.15, 0.2) is 0 Å². The average molecular weight is 500 g/mol. The van der Waals surface area contributed by atoms with Crippen LogP contribution in [0.25, 0.3) is 0 Å². The highest BCUT2D eigenvalue weighted by atomic mass is 16.5. The lowest BCUT2D eigenvalue weighted by Gasteiger charge is -2.39. The molecule has 1 aliphatic rings. The summed E-state index contributed by atoms with van der Waals surface area (Å²) >= 11 is 0. The molecule has 0 aromatic carbocycles. The number of aliphatic carboxylic acids is 1. The number of carbonyl (C=O) groups excluding carboxylic acids is 2. The maximum atomic E-state index is 13.5. The van der Waals surface area contributed by atoms with Crippen LogP contribution in [0.2, 0.25) is 0 Å². The highest BCUT2D eigenvalue weighted by Crippen LogP contribution is 2.30. The first-order valence-electron chi connectivity index (χ1n) is 13.1. The third-order valence-electron chi connectivity index (χ3n) is 7.55. The minimum atomic E-state index is -0.873. The molecule has 3 N–H and O–H groups in total. The zero-order chi connectivity index (χ0) is 26.5. The Bertz CT molecular complexity index is 661. The molecule has 35 heavy (non-hydrogen) atoms. The van der Waals surface area contributed by atoms with Crippen molar-refractivity contribution in [2.45, 2.75) is 103 Å². The lowest BCUT2D eigenvalue weighted by molar-refractivity contribution is -0.145. The fourth-order valence-corrected chi connectivity index (χ4v) is 5.42. The Labute approximate surface area is 211 Å². The number of carboxylic acid groups (broad SMARTS) is 1. The predicted molar refractivity (Wildman–Crippen MR) is 136 cm³/mol. The standard InChI is InChI=1S/C26H49N3O6/c1-7-18(2)25(28(4)22(30)13-9-8-10-14-27)21(34-5)17-23(31)29-15-11-12-20(29)26(35-6)19(3)16-24(32)33/h18-21,25-26H,7-17,27H2,1-6H3,(H,32,33). The number of unbranched alkanes of at least 4 members (excludes halogenated alkanes) is 2. The van der Waals surface area contributed by atoms with Gasteiger partial charge in [-0.15, -0.1) is 0 Å². The molecule has 0 spiro atoms. The number of hydrogen-bond donors (Lipinski definition) is 2. The minimum Gasteiger partial charge on any atom is -0.481 e. The molecule has 1 heterocycles. The summed E-state index contributed by atoms with van der Waals surface area (Å²) in [6, 6.07) is -0.385. The van der Waals surface area contributed by atoms with E-state index in [2.05, 4.69) is 13.8 Å². The van der Waals surface area contributed by atoms with Gasteiger partial charge in [-0.3, -0.25) is 14.4 Å². The topological polar surface area (TPSA) is 122 Å². The van der Waals surface area contributed by atoms with Crippen LogP contribution >= 0.6 is 0 Å². The first-order valence-corrected chi connectivity index (χ1v) is 13.1. The number of likely N-dealkylation sites (tertiary alicyclic amines) is 1. The zero-order valence-corrected chi connectivity index (χ0v) is 22.7. The van der Waals surface area contributed by atoms with Gasteiger partial charge in [0.05, 0.1) is 37.1 Å². The SMILES string of the molecule is CCC(C)C(C(CC(=O)N1CCCC1C(OC)C(C)CC(=O)O)OC)N(C)C(=O)CCCCCN. The molecule has 9 nitrogen and oxygen atoms in total. The fraction of sp³-hybridized carbons (Fsp3) is 0.885. The molecule has 2 amide bonds. The van der Waals surface area contributed by atoms with Gasteiger partial charge in [-0.1, -0.05) is 33.6 Å². The molecule has 1 fully saturated rings. The zero-order valence-electron chi connectivity index (χ0n) is 22.7. The fourth-order valence-electron chi connectivity index (χ4n) is 5.42. The van der Waals surface area contributed by atoms with Crippen molar-refractivity contribution in [2.24, 2.45) is 17.6 Å². The van der Waals surface area contributed by atoms with Crippen LogP contribution in [0.4, 0.5) is 0 Å². The Morgan fingerprint density at radius 3 is 2.31 bits per heavy atom. The van der Waals surface area contributed by atoms with Crippen LogP contribution in [0.3, 0.4) is 0 Å². The van der Waals surface area contributed by atoms with E-state index in [1.54, 1.807) is 19.1 Å². The summed E-state index contributed by atoms with van der Waals surface area (Å²) in [5.74, 6) is -0.918. The molecule has 1 saturated heterocycles. The van der Waals surface area contributed by atoms with Gasteiger partial charge in [0.15, 0.2) is 0 Å². The molecule has 0 radical (unpaired) electrons. The summed E-state index contributed by atoms with van der Waals surface area (Å²) in [5.41, 5.74) is 5.56. The number of methoxy groups -OCH3 is 2. The minimum absolute atomic E-state index is 0.00793. The Morgan fingerprint density at radius 1 is 1.09 bits per heavy atom. The normalized spacial score (nSPS) is 20.2. The van der Waals surface area contributed by atoms with Crippen molar-refractivity contribution in [1.82, 2.24) is 9.80 Å². The van der Waals surface area contributed by atoms with E-state index < -0.39 is 12.1 Å². The quantitative estimate of drug-likeness (QED) is 0.295. The van der Waals surface area contributed by atoms with Gasteiger partial charge < -0.3 is 30.1 Å². The third-order valence-corrected chi connectivity index (χ3v) is 7.55. The van der Waals surface area contributed by atoms with Crippen LogP contribution in [0, 0.1) is 11.8 Å². The Balaban J connectivity index is 2.97. The molecule has 9 heteroatoms. The smallest absolute Gasteiger partial charge is 0.303 e. The number of nitrogens with zero attached hydrogens (tertiary/aromatic N) is 2. The van der Waals surface area contributed by atoms with E-state index in [9.17, 15) is 19.5 Å². The van der Waals surface area contributed by atoms with Crippen molar-refractivity contribution in [3.8, 4) is 0 Å². The summed E-state index contributed by atoms with van der Waals surface area (Å²) in [6.45, 7) is 7.27. The summed E-state index contributed by atoms with van der Waals surface area (Å²) < 4.78 is 11.5. The first kappa shape index (κ1) is 31.3. The molecule has 204 valence electrons. The van der Waals surface area contributed by atoms with Crippen molar-refractivity contribution in [3.63, 3.8) is 0 Å². The van der Waals surface area contributed by atoms with Gasteiger partial charge in [-0.25, -0.2) is 0 Å². The highest BCUT2D eigenvalue weighted by Gasteiger charge is 2.40. The predicted octanol–water partition coefficient (Wildman–Crippen LogP) is 2.90. The van der Waals surface area contributed by atoms with Gasteiger partial charge >= 0.3 is 5.97 Å². The van der Waals surface area contributed by atoms with Crippen LogP contribution < -0.4 is 5.73 Å². The van der Waals surface area contributed by atoms with Crippen molar-refractivity contribution >= 4 is 17.8 Å². The number of nitrogens with two attached hydrogens (primary N) is 1. The number of carboxylic acids is 1. The van der Waals surface area contributed by atoms with Gasteiger partial charge in [-0.05, 0) is 44.1 Å². The molecule has 0 bridgehead atoms. The van der Waals surface area contributed by atoms with Gasteiger partial charge in [0.1, 0.15) is 0 Å². The average Bonchev–Trinajstić information content (AvgIpc) is 3.30. The van der Waals surface area contributed by atoms with E-state index in [4.69, 9.17) is 15.2 Å². The second-order valence-corrected chi connectivity index (χ2v) is 10.0. The second kappa shape index (κ2) is 16.1. The van der Waals surface area contributed by atoms with Gasteiger partial charge in [0.2, 0.25) is 11.8 Å². The van der Waals surface area contributed by atoms with Gasteiger partial charge in [0.25, 0.3) is 0 Å². The number of hydrogen-bond acceptors (Lipinski definition) is 6. The van der Waals surface area contributed by atoms with E-state index in [0.29, 0.717) is 19.5 Å². The lowest BCUT2D eigenvalue weighted by atomic mass is 9.90. The highest BCUT2D eigenvalue weighted by molar-refractivity contribution is 5.78. The van der Waals surface area contributed by atoms with Gasteiger partial charge in [-0.2, -0.15) is 0 Å². The van der Waals surface area contributed by atoms with Crippen molar-refractivity contribution in [2.75, 3.05) is 34.4 Å². The molecular weight excluding hydrogens is 450 g/mol. The molecule has 0 aromatic heterocycles. The summed E-state index contributed by atoms with van der Waals surface area (Å²) in [6.07, 6.45) is 4.95. The molecule has 6 atom stereocenters. The number of rotatable bonds is 17. The Hall–Kier alpha value is -1.71. The van der Waals surface area contributed by atoms with Crippen LogP contribution in [0.1, 0.15) is 78.6 Å². The molecule has 1 aliphatic heterocycles. The van der Waals surface area contributed by atoms with E-state index in [1.165, 1.54) is 0 Å². The van der Waals surface area contributed by atoms with Crippen LogP contribution in [0.5, 0.6) is 0 Å². The number of carbonyl (C=O) groups is 3. The summed E-state index contributed by atoms with van der Waals surface area (Å²) in [5, 5.41) is 9.22. The summed E-state index contributed by atoms with van der Waals surface area (Å²) in [4.78, 5) is 41.3. The number of ether oxygens (including phenoxy) is 2. The first-order chi connectivity index (χ1) is 16.6. The lowest BCUT2D eigenvalue weighted by Crippen LogP contribution is -2.52. The maximum absolute atomic E-state index is 13.5. The molecule has 0 aromatic rings. The van der Waals surface area contributed by atoms with Crippen molar-refractivity contribution in [3.05, 3.63) is 0 Å². The van der Waals surface area contributed by atoms with Crippen LogP contribution in [-0.2, 0) is 23.9 Å². The van der Waals surface area contributed by atoms with E-state index >= 15 is 0 Å².